The van der Waals surface area contributed by atoms with E-state index in [-0.39, 0.29) is 23.1 Å². The molecule has 1 heterocycles. The third-order valence-electron chi connectivity index (χ3n) is 6.00. The quantitative estimate of drug-likeness (QED) is 0.426. The molecule has 7 heteroatoms. The summed E-state index contributed by atoms with van der Waals surface area (Å²) < 4.78 is 0. The summed E-state index contributed by atoms with van der Waals surface area (Å²) in [5, 5.41) is 5.70. The maximum Gasteiger partial charge on any atom is 0.255 e. The van der Waals surface area contributed by atoms with Crippen LogP contribution in [0.25, 0.3) is 0 Å². The molecule has 2 N–H and O–H groups in total. The number of thioether (sulfide) groups is 1. The Hall–Kier alpha value is -3.58. The number of anilines is 1. The first-order valence-corrected chi connectivity index (χ1v) is 13.2. The van der Waals surface area contributed by atoms with E-state index in [9.17, 15) is 14.4 Å². The van der Waals surface area contributed by atoms with Gasteiger partial charge in [-0.25, -0.2) is 0 Å². The summed E-state index contributed by atoms with van der Waals surface area (Å²) in [5.74, 6) is 0.416. The molecule has 6 nitrogen and oxygen atoms in total. The highest BCUT2D eigenvalue weighted by Crippen LogP contribution is 2.38. The first-order valence-electron chi connectivity index (χ1n) is 12.2. The van der Waals surface area contributed by atoms with Gasteiger partial charge in [0.15, 0.2) is 0 Å². The van der Waals surface area contributed by atoms with Crippen molar-refractivity contribution >= 4 is 35.2 Å². The zero-order valence-electron chi connectivity index (χ0n) is 20.6. The van der Waals surface area contributed by atoms with Gasteiger partial charge in [0.2, 0.25) is 5.91 Å². The number of carbonyl (C=O) groups excluding carboxylic acids is 3. The van der Waals surface area contributed by atoms with Gasteiger partial charge < -0.3 is 15.5 Å². The van der Waals surface area contributed by atoms with Crippen LogP contribution in [0.1, 0.15) is 51.1 Å². The molecule has 1 aliphatic rings. The SMILES string of the molecule is CC(C)CNC(=O)c1ccccc1NC(=O)c1ccc([C@@H]2SCC(=O)N2CCc2ccccc2)cc1. The van der Waals surface area contributed by atoms with Crippen molar-refractivity contribution in [3.63, 3.8) is 0 Å². The van der Waals surface area contributed by atoms with Gasteiger partial charge in [-0.3, -0.25) is 14.4 Å². The number of hydrogen-bond acceptors (Lipinski definition) is 4. The molecule has 1 atom stereocenters. The largest absolute Gasteiger partial charge is 0.352 e. The molecular formula is C29H31N3O3S. The highest BCUT2D eigenvalue weighted by molar-refractivity contribution is 8.00. The molecule has 186 valence electrons. The number of nitrogens with one attached hydrogen (secondary N) is 2. The predicted octanol–water partition coefficient (Wildman–Crippen LogP) is 5.14. The summed E-state index contributed by atoms with van der Waals surface area (Å²) >= 11 is 1.61. The Morgan fingerprint density at radius 3 is 2.36 bits per heavy atom. The number of rotatable bonds is 9. The van der Waals surface area contributed by atoms with Gasteiger partial charge in [-0.1, -0.05) is 68.4 Å². The summed E-state index contributed by atoms with van der Waals surface area (Å²) in [7, 11) is 0. The van der Waals surface area contributed by atoms with Crippen LogP contribution < -0.4 is 10.6 Å². The van der Waals surface area contributed by atoms with Crippen molar-refractivity contribution in [3.8, 4) is 0 Å². The topological polar surface area (TPSA) is 78.5 Å². The normalized spacial score (nSPS) is 15.2. The third-order valence-corrected chi connectivity index (χ3v) is 7.26. The lowest BCUT2D eigenvalue weighted by molar-refractivity contribution is -0.128. The van der Waals surface area contributed by atoms with E-state index < -0.39 is 0 Å². The number of amides is 3. The molecule has 1 saturated heterocycles. The zero-order valence-corrected chi connectivity index (χ0v) is 21.4. The minimum absolute atomic E-state index is 0.0660. The smallest absolute Gasteiger partial charge is 0.255 e. The van der Waals surface area contributed by atoms with Crippen LogP contribution in [0.2, 0.25) is 0 Å². The number of benzene rings is 3. The molecule has 0 bridgehead atoms. The van der Waals surface area contributed by atoms with E-state index in [0.717, 1.165) is 12.0 Å². The van der Waals surface area contributed by atoms with Crippen LogP contribution >= 0.6 is 11.8 Å². The first-order chi connectivity index (χ1) is 17.4. The molecule has 0 spiro atoms. The molecule has 0 saturated carbocycles. The maximum absolute atomic E-state index is 13.0. The Kier molecular flexibility index (Phi) is 8.44. The van der Waals surface area contributed by atoms with Gasteiger partial charge in [0.1, 0.15) is 5.37 Å². The fraction of sp³-hybridized carbons (Fsp3) is 0.276. The van der Waals surface area contributed by atoms with E-state index in [0.29, 0.717) is 41.6 Å². The molecule has 0 unspecified atom stereocenters. The van der Waals surface area contributed by atoms with E-state index in [1.54, 1.807) is 48.2 Å². The van der Waals surface area contributed by atoms with Gasteiger partial charge in [-0.05, 0) is 47.7 Å². The number of carbonyl (C=O) groups is 3. The van der Waals surface area contributed by atoms with E-state index in [1.165, 1.54) is 5.56 Å². The Bertz CT molecular complexity index is 1210. The van der Waals surface area contributed by atoms with E-state index >= 15 is 0 Å². The highest BCUT2D eigenvalue weighted by atomic mass is 32.2. The summed E-state index contributed by atoms with van der Waals surface area (Å²) in [6.07, 6.45) is 0.800. The van der Waals surface area contributed by atoms with E-state index in [2.05, 4.69) is 22.8 Å². The van der Waals surface area contributed by atoms with Crippen molar-refractivity contribution < 1.29 is 14.4 Å². The molecule has 3 aromatic carbocycles. The van der Waals surface area contributed by atoms with Crippen molar-refractivity contribution in [3.05, 3.63) is 101 Å². The van der Waals surface area contributed by atoms with Crippen molar-refractivity contribution in [2.24, 2.45) is 5.92 Å². The van der Waals surface area contributed by atoms with Crippen LogP contribution in [0.4, 0.5) is 5.69 Å². The lowest BCUT2D eigenvalue weighted by Crippen LogP contribution is -2.30. The Balaban J connectivity index is 1.42. The molecule has 0 radical (unpaired) electrons. The molecule has 1 aliphatic heterocycles. The van der Waals surface area contributed by atoms with Gasteiger partial charge in [0.25, 0.3) is 11.8 Å². The minimum Gasteiger partial charge on any atom is -0.352 e. The Morgan fingerprint density at radius 1 is 0.944 bits per heavy atom. The van der Waals surface area contributed by atoms with Crippen LogP contribution in [0, 0.1) is 5.92 Å². The van der Waals surface area contributed by atoms with Crippen LogP contribution in [0.15, 0.2) is 78.9 Å². The number of hydrogen-bond donors (Lipinski definition) is 2. The molecule has 3 amide bonds. The molecule has 1 fully saturated rings. The van der Waals surface area contributed by atoms with Crippen molar-refractivity contribution in [2.75, 3.05) is 24.2 Å². The lowest BCUT2D eigenvalue weighted by atomic mass is 10.1. The van der Waals surface area contributed by atoms with Gasteiger partial charge in [-0.2, -0.15) is 0 Å². The van der Waals surface area contributed by atoms with Crippen molar-refractivity contribution in [1.82, 2.24) is 10.2 Å². The predicted molar refractivity (Wildman–Crippen MR) is 145 cm³/mol. The lowest BCUT2D eigenvalue weighted by Gasteiger charge is -2.24. The Labute approximate surface area is 216 Å². The van der Waals surface area contributed by atoms with Crippen molar-refractivity contribution in [1.29, 1.82) is 0 Å². The average molecular weight is 502 g/mol. The van der Waals surface area contributed by atoms with Gasteiger partial charge in [-0.15, -0.1) is 11.8 Å². The molecule has 3 aromatic rings. The molecular weight excluding hydrogens is 470 g/mol. The number of para-hydroxylation sites is 1. The monoisotopic (exact) mass is 501 g/mol. The number of nitrogens with zero attached hydrogens (tertiary/aromatic N) is 1. The Morgan fingerprint density at radius 2 is 1.64 bits per heavy atom. The summed E-state index contributed by atoms with van der Waals surface area (Å²) in [5.41, 5.74) is 3.58. The highest BCUT2D eigenvalue weighted by Gasteiger charge is 2.32. The van der Waals surface area contributed by atoms with Gasteiger partial charge in [0.05, 0.1) is 17.0 Å². The molecule has 36 heavy (non-hydrogen) atoms. The van der Waals surface area contributed by atoms with Gasteiger partial charge in [0, 0.05) is 18.7 Å². The van der Waals surface area contributed by atoms with Gasteiger partial charge >= 0.3 is 0 Å². The molecule has 4 rings (SSSR count). The first kappa shape index (κ1) is 25.5. The fourth-order valence-corrected chi connectivity index (χ4v) is 5.26. The molecule has 0 aliphatic carbocycles. The van der Waals surface area contributed by atoms with Crippen molar-refractivity contribution in [2.45, 2.75) is 25.6 Å². The van der Waals surface area contributed by atoms with E-state index in [1.807, 2.05) is 49.1 Å². The van der Waals surface area contributed by atoms with Crippen LogP contribution in [-0.2, 0) is 11.2 Å². The second kappa shape index (κ2) is 11.9. The standard InChI is InChI=1S/C29H31N3O3S/c1-20(2)18-30-28(35)24-10-6-7-11-25(24)31-27(34)22-12-14-23(15-13-22)29-32(26(33)19-36-29)17-16-21-8-4-3-5-9-21/h3-15,20,29H,16-19H2,1-2H3,(H,30,35)(H,31,34)/t29-/m0/s1. The van der Waals surface area contributed by atoms with Crippen LogP contribution in [0.3, 0.4) is 0 Å². The second-order valence-corrected chi connectivity index (χ2v) is 10.3. The van der Waals surface area contributed by atoms with Crippen LogP contribution in [-0.4, -0.2) is 41.5 Å². The van der Waals surface area contributed by atoms with Crippen LogP contribution in [0.5, 0.6) is 0 Å². The summed E-state index contributed by atoms with van der Waals surface area (Å²) in [4.78, 5) is 40.0. The third kappa shape index (κ3) is 6.34. The summed E-state index contributed by atoms with van der Waals surface area (Å²) in [6.45, 7) is 5.27. The fourth-order valence-electron chi connectivity index (χ4n) is 4.04. The average Bonchev–Trinajstić information content (AvgIpc) is 3.27. The van der Waals surface area contributed by atoms with E-state index in [4.69, 9.17) is 0 Å². The molecule has 0 aromatic heterocycles. The maximum atomic E-state index is 13.0. The summed E-state index contributed by atoms with van der Waals surface area (Å²) in [6, 6.07) is 24.5. The minimum atomic E-state index is -0.290. The second-order valence-electron chi connectivity index (χ2n) is 9.21. The zero-order chi connectivity index (χ0) is 25.5.